The quantitative estimate of drug-likeness (QED) is 0.620. The SMILES string of the molecule is CCOc1c(Br)cc(/C=C(/C#N)c2nc3ccccc3c(=O)[nH]2)cc1OC. The Balaban J connectivity index is 2.11. The molecule has 0 aliphatic carbocycles. The normalized spacial score (nSPS) is 11.3. The first-order valence-electron chi connectivity index (χ1n) is 8.19. The standard InChI is InChI=1S/C20H16BrN3O3/c1-3-27-18-15(21)9-12(10-17(18)26-2)8-13(11-22)19-23-16-7-5-4-6-14(16)20(25)24-19/h4-10H,3H2,1-2H3,(H,23,24,25)/b13-8-. The number of para-hydroxylation sites is 1. The van der Waals surface area contributed by atoms with E-state index in [1.807, 2.05) is 13.0 Å². The highest BCUT2D eigenvalue weighted by Gasteiger charge is 2.13. The first-order chi connectivity index (χ1) is 13.1. The molecule has 1 aromatic heterocycles. The number of hydrogen-bond donors (Lipinski definition) is 1. The minimum absolute atomic E-state index is 0.213. The molecule has 0 bridgehead atoms. The third kappa shape index (κ3) is 3.86. The van der Waals surface area contributed by atoms with Gasteiger partial charge >= 0.3 is 0 Å². The van der Waals surface area contributed by atoms with Gasteiger partial charge in [0.2, 0.25) is 0 Å². The summed E-state index contributed by atoms with van der Waals surface area (Å²) in [4.78, 5) is 19.3. The molecule has 136 valence electrons. The van der Waals surface area contributed by atoms with Crippen molar-refractivity contribution in [2.45, 2.75) is 6.92 Å². The summed E-state index contributed by atoms with van der Waals surface area (Å²) in [6, 6.07) is 12.6. The van der Waals surface area contributed by atoms with Gasteiger partial charge in [-0.15, -0.1) is 0 Å². The Labute approximate surface area is 164 Å². The highest BCUT2D eigenvalue weighted by atomic mass is 79.9. The van der Waals surface area contributed by atoms with Crippen molar-refractivity contribution in [3.63, 3.8) is 0 Å². The molecular weight excluding hydrogens is 410 g/mol. The fourth-order valence-electron chi connectivity index (χ4n) is 2.64. The van der Waals surface area contributed by atoms with Crippen LogP contribution in [-0.2, 0) is 0 Å². The summed E-state index contributed by atoms with van der Waals surface area (Å²) in [5, 5.41) is 10.1. The minimum Gasteiger partial charge on any atom is -0.493 e. The number of halogens is 1. The highest BCUT2D eigenvalue weighted by Crippen LogP contribution is 2.37. The largest absolute Gasteiger partial charge is 0.493 e. The van der Waals surface area contributed by atoms with Crippen molar-refractivity contribution in [2.24, 2.45) is 0 Å². The Morgan fingerprint density at radius 1 is 1.37 bits per heavy atom. The van der Waals surface area contributed by atoms with E-state index in [4.69, 9.17) is 9.47 Å². The average molecular weight is 426 g/mol. The van der Waals surface area contributed by atoms with Crippen LogP contribution in [0.3, 0.4) is 0 Å². The van der Waals surface area contributed by atoms with Crippen LogP contribution in [0.15, 0.2) is 45.7 Å². The second-order valence-electron chi connectivity index (χ2n) is 5.57. The Morgan fingerprint density at radius 2 is 2.15 bits per heavy atom. The van der Waals surface area contributed by atoms with Crippen LogP contribution in [-0.4, -0.2) is 23.7 Å². The summed E-state index contributed by atoms with van der Waals surface area (Å²) in [7, 11) is 1.55. The maximum Gasteiger partial charge on any atom is 0.259 e. The lowest BCUT2D eigenvalue weighted by molar-refractivity contribution is 0.309. The van der Waals surface area contributed by atoms with Gasteiger partial charge in [-0.3, -0.25) is 4.79 Å². The van der Waals surface area contributed by atoms with E-state index in [0.717, 1.165) is 0 Å². The fraction of sp³-hybridized carbons (Fsp3) is 0.150. The number of H-pyrrole nitrogens is 1. The van der Waals surface area contributed by atoms with Crippen molar-refractivity contribution in [1.82, 2.24) is 9.97 Å². The fourth-order valence-corrected chi connectivity index (χ4v) is 3.22. The van der Waals surface area contributed by atoms with E-state index in [0.29, 0.717) is 39.0 Å². The molecule has 0 amide bonds. The predicted molar refractivity (Wildman–Crippen MR) is 108 cm³/mol. The van der Waals surface area contributed by atoms with Gasteiger partial charge in [0, 0.05) is 0 Å². The second kappa shape index (κ2) is 8.06. The number of methoxy groups -OCH3 is 1. The lowest BCUT2D eigenvalue weighted by atomic mass is 10.1. The molecule has 2 aromatic carbocycles. The molecule has 0 saturated heterocycles. The molecule has 0 saturated carbocycles. The van der Waals surface area contributed by atoms with Gasteiger partial charge in [-0.05, 0) is 58.8 Å². The van der Waals surface area contributed by atoms with Gasteiger partial charge in [-0.1, -0.05) is 12.1 Å². The Bertz CT molecular complexity index is 1130. The molecule has 0 atom stereocenters. The van der Waals surface area contributed by atoms with Gasteiger partial charge in [0.05, 0.1) is 34.7 Å². The van der Waals surface area contributed by atoms with Crippen LogP contribution >= 0.6 is 15.9 Å². The van der Waals surface area contributed by atoms with E-state index < -0.39 is 0 Å². The van der Waals surface area contributed by atoms with Crippen molar-refractivity contribution < 1.29 is 9.47 Å². The molecule has 0 aliphatic heterocycles. The summed E-state index contributed by atoms with van der Waals surface area (Å²) in [6.07, 6.45) is 1.63. The summed E-state index contributed by atoms with van der Waals surface area (Å²) in [5.74, 6) is 1.34. The zero-order valence-corrected chi connectivity index (χ0v) is 16.3. The Morgan fingerprint density at radius 3 is 2.85 bits per heavy atom. The lowest BCUT2D eigenvalue weighted by Gasteiger charge is -2.12. The number of nitrogens with zero attached hydrogens (tertiary/aromatic N) is 2. The number of aromatic amines is 1. The van der Waals surface area contributed by atoms with Crippen molar-refractivity contribution in [3.05, 3.63) is 62.6 Å². The molecule has 27 heavy (non-hydrogen) atoms. The lowest BCUT2D eigenvalue weighted by Crippen LogP contribution is -2.11. The van der Waals surface area contributed by atoms with Crippen molar-refractivity contribution in [3.8, 4) is 17.6 Å². The molecule has 3 aromatic rings. The minimum atomic E-state index is -0.290. The van der Waals surface area contributed by atoms with Gasteiger partial charge < -0.3 is 14.5 Å². The monoisotopic (exact) mass is 425 g/mol. The number of nitrogens with one attached hydrogen (secondary N) is 1. The van der Waals surface area contributed by atoms with E-state index in [1.165, 1.54) is 0 Å². The van der Waals surface area contributed by atoms with E-state index in [-0.39, 0.29) is 17.0 Å². The maximum absolute atomic E-state index is 12.3. The summed E-state index contributed by atoms with van der Waals surface area (Å²) in [5.41, 5.74) is 1.18. The van der Waals surface area contributed by atoms with E-state index in [1.54, 1.807) is 43.5 Å². The molecule has 3 rings (SSSR count). The summed E-state index contributed by atoms with van der Waals surface area (Å²) in [6.45, 7) is 2.38. The van der Waals surface area contributed by atoms with Gasteiger partial charge in [0.25, 0.3) is 5.56 Å². The van der Waals surface area contributed by atoms with Gasteiger partial charge in [0.1, 0.15) is 6.07 Å². The maximum atomic E-state index is 12.3. The number of nitriles is 1. The number of benzene rings is 2. The first kappa shape index (κ1) is 18.7. The molecule has 0 unspecified atom stereocenters. The number of ether oxygens (including phenoxy) is 2. The number of aromatic nitrogens is 2. The van der Waals surface area contributed by atoms with Gasteiger partial charge in [-0.25, -0.2) is 4.98 Å². The van der Waals surface area contributed by atoms with Crippen LogP contribution in [0.25, 0.3) is 22.6 Å². The van der Waals surface area contributed by atoms with Crippen molar-refractivity contribution in [1.29, 1.82) is 5.26 Å². The first-order valence-corrected chi connectivity index (χ1v) is 8.98. The smallest absolute Gasteiger partial charge is 0.259 e. The number of allylic oxidation sites excluding steroid dienone is 1. The van der Waals surface area contributed by atoms with Gasteiger partial charge in [0.15, 0.2) is 17.3 Å². The molecule has 0 spiro atoms. The van der Waals surface area contributed by atoms with Gasteiger partial charge in [-0.2, -0.15) is 5.26 Å². The number of fused-ring (bicyclic) bond motifs is 1. The number of rotatable bonds is 5. The molecule has 6 nitrogen and oxygen atoms in total. The van der Waals surface area contributed by atoms with E-state index in [2.05, 4.69) is 32.0 Å². The van der Waals surface area contributed by atoms with E-state index >= 15 is 0 Å². The molecule has 0 radical (unpaired) electrons. The third-order valence-corrected chi connectivity index (χ3v) is 4.43. The average Bonchev–Trinajstić information content (AvgIpc) is 2.67. The van der Waals surface area contributed by atoms with Crippen LogP contribution < -0.4 is 15.0 Å². The Kier molecular flexibility index (Phi) is 5.57. The number of hydrogen-bond acceptors (Lipinski definition) is 5. The zero-order chi connectivity index (χ0) is 19.4. The predicted octanol–water partition coefficient (Wildman–Crippen LogP) is 4.16. The molecule has 7 heteroatoms. The van der Waals surface area contributed by atoms with E-state index in [9.17, 15) is 10.1 Å². The molecular formula is C20H16BrN3O3. The Hall–Kier alpha value is -3.11. The van der Waals surface area contributed by atoms with Crippen LogP contribution in [0.2, 0.25) is 0 Å². The molecule has 0 aliphatic rings. The summed E-state index contributed by atoms with van der Waals surface area (Å²) >= 11 is 3.46. The highest BCUT2D eigenvalue weighted by molar-refractivity contribution is 9.10. The van der Waals surface area contributed by atoms with Crippen LogP contribution in [0.1, 0.15) is 18.3 Å². The van der Waals surface area contributed by atoms with Crippen LogP contribution in [0.5, 0.6) is 11.5 Å². The zero-order valence-electron chi connectivity index (χ0n) is 14.7. The van der Waals surface area contributed by atoms with Crippen LogP contribution in [0.4, 0.5) is 0 Å². The topological polar surface area (TPSA) is 88.0 Å². The molecule has 1 N–H and O–H groups in total. The second-order valence-corrected chi connectivity index (χ2v) is 6.42. The summed E-state index contributed by atoms with van der Waals surface area (Å²) < 4.78 is 11.7. The van der Waals surface area contributed by atoms with Crippen molar-refractivity contribution in [2.75, 3.05) is 13.7 Å². The van der Waals surface area contributed by atoms with Crippen molar-refractivity contribution >= 4 is 38.5 Å². The van der Waals surface area contributed by atoms with Crippen LogP contribution in [0, 0.1) is 11.3 Å². The molecule has 0 fully saturated rings. The third-order valence-electron chi connectivity index (χ3n) is 3.84. The molecule has 1 heterocycles.